The molecule has 1 heterocycles. The van der Waals surface area contributed by atoms with Crippen LogP contribution in [0.1, 0.15) is 31.7 Å². The van der Waals surface area contributed by atoms with Gasteiger partial charge in [-0.2, -0.15) is 0 Å². The van der Waals surface area contributed by atoms with Gasteiger partial charge in [-0.25, -0.2) is 4.79 Å². The molecule has 1 unspecified atom stereocenters. The van der Waals surface area contributed by atoms with Crippen LogP contribution in [-0.4, -0.2) is 46.6 Å². The average Bonchev–Trinajstić information content (AvgIpc) is 2.45. The highest BCUT2D eigenvalue weighted by Gasteiger charge is 2.17. The number of rotatable bonds is 8. The van der Waals surface area contributed by atoms with Crippen molar-refractivity contribution in [3.8, 4) is 0 Å². The van der Waals surface area contributed by atoms with Gasteiger partial charge in [0.15, 0.2) is 0 Å². The lowest BCUT2D eigenvalue weighted by Gasteiger charge is -2.22. The number of nitrogens with zero attached hydrogens (tertiary/aromatic N) is 2. The van der Waals surface area contributed by atoms with Crippen molar-refractivity contribution in [2.75, 3.05) is 13.6 Å². The van der Waals surface area contributed by atoms with Gasteiger partial charge in [0, 0.05) is 32.0 Å². The van der Waals surface area contributed by atoms with E-state index in [1.54, 1.807) is 24.3 Å². The van der Waals surface area contributed by atoms with E-state index in [1.807, 2.05) is 19.1 Å². The van der Waals surface area contributed by atoms with Crippen molar-refractivity contribution in [3.63, 3.8) is 0 Å². The fourth-order valence-corrected chi connectivity index (χ4v) is 2.02. The van der Waals surface area contributed by atoms with Crippen LogP contribution in [0.2, 0.25) is 0 Å². The first-order valence-electron chi connectivity index (χ1n) is 7.15. The van der Waals surface area contributed by atoms with Gasteiger partial charge in [0.1, 0.15) is 0 Å². The summed E-state index contributed by atoms with van der Waals surface area (Å²) in [6.07, 6.45) is 5.63. The van der Waals surface area contributed by atoms with Crippen molar-refractivity contribution in [2.24, 2.45) is 0 Å². The number of hydrogen-bond acceptors (Lipinski definition) is 3. The summed E-state index contributed by atoms with van der Waals surface area (Å²) in [5.41, 5.74) is 1.11. The lowest BCUT2D eigenvalue weighted by atomic mass is 10.1. The molecular weight excluding hydrogens is 270 g/mol. The molecule has 0 fully saturated rings. The van der Waals surface area contributed by atoms with Gasteiger partial charge in [-0.1, -0.05) is 13.3 Å². The Bertz CT molecular complexity index is 451. The number of amides is 2. The van der Waals surface area contributed by atoms with E-state index in [9.17, 15) is 9.59 Å². The maximum absolute atomic E-state index is 12.0. The van der Waals surface area contributed by atoms with Crippen LogP contribution in [0, 0.1) is 0 Å². The zero-order valence-electron chi connectivity index (χ0n) is 12.6. The number of carboxylic acids is 1. The van der Waals surface area contributed by atoms with Crippen LogP contribution in [0.15, 0.2) is 24.5 Å². The summed E-state index contributed by atoms with van der Waals surface area (Å²) in [5, 5.41) is 11.6. The van der Waals surface area contributed by atoms with Crippen molar-refractivity contribution >= 4 is 12.0 Å². The third-order valence-electron chi connectivity index (χ3n) is 3.22. The summed E-state index contributed by atoms with van der Waals surface area (Å²) in [6.45, 7) is 2.54. The van der Waals surface area contributed by atoms with Gasteiger partial charge < -0.3 is 15.3 Å². The predicted molar refractivity (Wildman–Crippen MR) is 80.1 cm³/mol. The second-order valence-electron chi connectivity index (χ2n) is 5.06. The van der Waals surface area contributed by atoms with Crippen molar-refractivity contribution < 1.29 is 14.7 Å². The summed E-state index contributed by atoms with van der Waals surface area (Å²) in [4.78, 5) is 28.3. The van der Waals surface area contributed by atoms with Crippen molar-refractivity contribution in [2.45, 2.75) is 38.6 Å². The maximum Gasteiger partial charge on any atom is 0.317 e. The van der Waals surface area contributed by atoms with Crippen molar-refractivity contribution in [3.05, 3.63) is 30.1 Å². The first-order valence-corrected chi connectivity index (χ1v) is 7.15. The normalized spacial score (nSPS) is 11.7. The zero-order valence-corrected chi connectivity index (χ0v) is 12.6. The summed E-state index contributed by atoms with van der Waals surface area (Å²) in [7, 11) is 1.71. The fourth-order valence-electron chi connectivity index (χ4n) is 2.02. The number of urea groups is 1. The monoisotopic (exact) mass is 293 g/mol. The Morgan fingerprint density at radius 1 is 1.38 bits per heavy atom. The number of carboxylic acid groups (broad SMARTS) is 1. The van der Waals surface area contributed by atoms with Crippen LogP contribution >= 0.6 is 0 Å². The Morgan fingerprint density at radius 3 is 2.62 bits per heavy atom. The van der Waals surface area contributed by atoms with Gasteiger partial charge in [0.2, 0.25) is 0 Å². The summed E-state index contributed by atoms with van der Waals surface area (Å²) in [5.74, 6) is -0.895. The SMILES string of the molecule is CCCC(CC(=O)O)NC(=O)N(C)CCc1ccncc1. The largest absolute Gasteiger partial charge is 0.481 e. The zero-order chi connectivity index (χ0) is 15.7. The molecule has 21 heavy (non-hydrogen) atoms. The third kappa shape index (κ3) is 6.74. The Morgan fingerprint density at radius 2 is 2.05 bits per heavy atom. The average molecular weight is 293 g/mol. The molecule has 0 saturated heterocycles. The summed E-state index contributed by atoms with van der Waals surface area (Å²) < 4.78 is 0. The first kappa shape index (κ1) is 16.9. The van der Waals surface area contributed by atoms with Gasteiger partial charge in [0.05, 0.1) is 6.42 Å². The lowest BCUT2D eigenvalue weighted by Crippen LogP contribution is -2.44. The maximum atomic E-state index is 12.0. The summed E-state index contributed by atoms with van der Waals surface area (Å²) in [6, 6.07) is 3.28. The highest BCUT2D eigenvalue weighted by atomic mass is 16.4. The van der Waals surface area contributed by atoms with Gasteiger partial charge in [-0.05, 0) is 30.5 Å². The number of aromatic nitrogens is 1. The number of aliphatic carboxylic acids is 1. The molecule has 0 aliphatic rings. The molecule has 0 aliphatic heterocycles. The second-order valence-corrected chi connectivity index (χ2v) is 5.06. The van der Waals surface area contributed by atoms with Crippen LogP contribution in [0.5, 0.6) is 0 Å². The van der Waals surface area contributed by atoms with E-state index >= 15 is 0 Å². The van der Waals surface area contributed by atoms with Crippen LogP contribution < -0.4 is 5.32 Å². The van der Waals surface area contributed by atoms with E-state index in [0.29, 0.717) is 13.0 Å². The lowest BCUT2D eigenvalue weighted by molar-refractivity contribution is -0.137. The molecule has 1 atom stereocenters. The van der Waals surface area contributed by atoms with Crippen LogP contribution in [0.3, 0.4) is 0 Å². The molecule has 1 rings (SSSR count). The van der Waals surface area contributed by atoms with Gasteiger partial charge in [-0.15, -0.1) is 0 Å². The second kappa shape index (κ2) is 8.94. The number of carbonyl (C=O) groups is 2. The molecule has 1 aromatic heterocycles. The highest BCUT2D eigenvalue weighted by molar-refractivity contribution is 5.75. The highest BCUT2D eigenvalue weighted by Crippen LogP contribution is 2.04. The van der Waals surface area contributed by atoms with Crippen LogP contribution in [-0.2, 0) is 11.2 Å². The molecule has 0 saturated carbocycles. The molecule has 0 radical (unpaired) electrons. The van der Waals surface area contributed by atoms with Crippen LogP contribution in [0.25, 0.3) is 0 Å². The topological polar surface area (TPSA) is 82.5 Å². The van der Waals surface area contributed by atoms with Gasteiger partial charge >= 0.3 is 12.0 Å². The molecule has 2 amide bonds. The minimum Gasteiger partial charge on any atom is -0.481 e. The van der Waals surface area contributed by atoms with E-state index in [1.165, 1.54) is 0 Å². The minimum absolute atomic E-state index is 0.0439. The van der Waals surface area contributed by atoms with Crippen LogP contribution in [0.4, 0.5) is 4.79 Å². The van der Waals surface area contributed by atoms with Gasteiger partial charge in [0.25, 0.3) is 0 Å². The molecule has 0 aliphatic carbocycles. The van der Waals surface area contributed by atoms with E-state index in [-0.39, 0.29) is 18.5 Å². The molecule has 0 spiro atoms. The Hall–Kier alpha value is -2.11. The van der Waals surface area contributed by atoms with E-state index in [4.69, 9.17) is 5.11 Å². The van der Waals surface area contributed by atoms with Crippen molar-refractivity contribution in [1.82, 2.24) is 15.2 Å². The molecule has 6 heteroatoms. The minimum atomic E-state index is -0.895. The molecule has 116 valence electrons. The van der Waals surface area contributed by atoms with Crippen molar-refractivity contribution in [1.29, 1.82) is 0 Å². The molecule has 2 N–H and O–H groups in total. The predicted octanol–water partition coefficient (Wildman–Crippen LogP) is 1.91. The van der Waals surface area contributed by atoms with Gasteiger partial charge in [-0.3, -0.25) is 9.78 Å². The molecular formula is C15H23N3O3. The number of carbonyl (C=O) groups excluding carboxylic acids is 1. The Labute approximate surface area is 125 Å². The first-order chi connectivity index (χ1) is 10.0. The summed E-state index contributed by atoms with van der Waals surface area (Å²) >= 11 is 0. The van der Waals surface area contributed by atoms with E-state index in [2.05, 4.69) is 10.3 Å². The molecule has 6 nitrogen and oxygen atoms in total. The Balaban J connectivity index is 2.43. The quantitative estimate of drug-likeness (QED) is 0.767. The third-order valence-corrected chi connectivity index (χ3v) is 3.22. The Kier molecular flexibility index (Phi) is 7.21. The molecule has 0 aromatic carbocycles. The number of hydrogen-bond donors (Lipinski definition) is 2. The smallest absolute Gasteiger partial charge is 0.317 e. The standard InChI is InChI=1S/C15H23N3O3/c1-3-4-13(11-14(19)20)17-15(21)18(2)10-7-12-5-8-16-9-6-12/h5-6,8-9,13H,3-4,7,10-11H2,1-2H3,(H,17,21)(H,19,20). The van der Waals surface area contributed by atoms with E-state index in [0.717, 1.165) is 18.4 Å². The molecule has 0 bridgehead atoms. The number of likely N-dealkylation sites (N-methyl/N-ethyl adjacent to an activating group) is 1. The molecule has 1 aromatic rings. The number of nitrogens with one attached hydrogen (secondary N) is 1. The fraction of sp³-hybridized carbons (Fsp3) is 0.533. The number of pyridine rings is 1. The van der Waals surface area contributed by atoms with E-state index < -0.39 is 5.97 Å².